The summed E-state index contributed by atoms with van der Waals surface area (Å²) in [7, 11) is 1.48. The molecule has 3 aromatic rings. The average Bonchev–Trinajstić information content (AvgIpc) is 3.13. The molecule has 0 N–H and O–H groups in total. The van der Waals surface area contributed by atoms with Crippen molar-refractivity contribution in [1.29, 1.82) is 0 Å². The molecule has 36 heavy (non-hydrogen) atoms. The third-order valence-corrected chi connectivity index (χ3v) is 6.63. The number of rotatable bonds is 6. The van der Waals surface area contributed by atoms with Crippen molar-refractivity contribution in [3.63, 3.8) is 0 Å². The molecule has 0 saturated heterocycles. The number of aromatic nitrogens is 1. The highest BCUT2D eigenvalue weighted by Gasteiger charge is 2.33. The molecular formula is C27H26N2O6S. The van der Waals surface area contributed by atoms with Crippen LogP contribution in [0.2, 0.25) is 0 Å². The van der Waals surface area contributed by atoms with E-state index in [2.05, 4.69) is 4.99 Å². The lowest BCUT2D eigenvalue weighted by Crippen LogP contribution is -2.39. The third kappa shape index (κ3) is 4.87. The van der Waals surface area contributed by atoms with Gasteiger partial charge >= 0.3 is 11.9 Å². The molecule has 0 bridgehead atoms. The van der Waals surface area contributed by atoms with Gasteiger partial charge in [0.15, 0.2) is 16.3 Å². The zero-order valence-corrected chi connectivity index (χ0v) is 21.5. The molecule has 2 heterocycles. The Balaban J connectivity index is 1.90. The molecule has 0 saturated carbocycles. The first-order valence-electron chi connectivity index (χ1n) is 11.4. The van der Waals surface area contributed by atoms with Gasteiger partial charge < -0.3 is 14.2 Å². The van der Waals surface area contributed by atoms with E-state index in [4.69, 9.17) is 14.2 Å². The number of allylic oxidation sites excluding steroid dienone is 1. The third-order valence-electron chi connectivity index (χ3n) is 5.65. The van der Waals surface area contributed by atoms with Crippen LogP contribution in [0.4, 0.5) is 0 Å². The number of fused-ring (bicyclic) bond motifs is 1. The first-order valence-corrected chi connectivity index (χ1v) is 12.2. The highest BCUT2D eigenvalue weighted by Crippen LogP contribution is 2.31. The molecule has 186 valence electrons. The van der Waals surface area contributed by atoms with Crippen molar-refractivity contribution in [2.45, 2.75) is 33.7 Å². The normalized spacial score (nSPS) is 15.2. The largest absolute Gasteiger partial charge is 0.493 e. The number of aryl methyl sites for hydroxylation is 1. The topological polar surface area (TPSA) is 96.2 Å². The number of carbonyl (C=O) groups is 2. The van der Waals surface area contributed by atoms with Crippen LogP contribution in [0.25, 0.3) is 6.08 Å². The van der Waals surface area contributed by atoms with Gasteiger partial charge in [0.05, 0.1) is 35.6 Å². The van der Waals surface area contributed by atoms with Crippen molar-refractivity contribution in [3.8, 4) is 11.5 Å². The molecule has 0 radical (unpaired) electrons. The van der Waals surface area contributed by atoms with Gasteiger partial charge in [-0.3, -0.25) is 14.2 Å². The van der Waals surface area contributed by atoms with Gasteiger partial charge in [0.1, 0.15) is 0 Å². The molecule has 9 heteroatoms. The number of hydrogen-bond donors (Lipinski definition) is 0. The van der Waals surface area contributed by atoms with Gasteiger partial charge in [0, 0.05) is 6.92 Å². The summed E-state index contributed by atoms with van der Waals surface area (Å²) in [6.07, 6.45) is 1.70. The molecule has 1 unspecified atom stereocenters. The number of carbonyl (C=O) groups excluding carboxylic acids is 2. The predicted molar refractivity (Wildman–Crippen MR) is 136 cm³/mol. The zero-order valence-electron chi connectivity index (χ0n) is 20.7. The van der Waals surface area contributed by atoms with Crippen molar-refractivity contribution in [1.82, 2.24) is 4.57 Å². The minimum absolute atomic E-state index is 0.211. The summed E-state index contributed by atoms with van der Waals surface area (Å²) in [5.74, 6) is -0.327. The number of methoxy groups -OCH3 is 1. The van der Waals surface area contributed by atoms with Crippen molar-refractivity contribution in [2.75, 3.05) is 13.7 Å². The zero-order chi connectivity index (χ0) is 26.0. The molecule has 0 aliphatic carbocycles. The Labute approximate surface area is 211 Å². The van der Waals surface area contributed by atoms with Gasteiger partial charge in [-0.2, -0.15) is 0 Å². The van der Waals surface area contributed by atoms with E-state index >= 15 is 0 Å². The smallest absolute Gasteiger partial charge is 0.338 e. The van der Waals surface area contributed by atoms with Crippen molar-refractivity contribution in [2.24, 2.45) is 4.99 Å². The minimum atomic E-state index is -0.671. The molecule has 0 spiro atoms. The number of thiazole rings is 1. The lowest BCUT2D eigenvalue weighted by Gasteiger charge is -2.24. The van der Waals surface area contributed by atoms with Gasteiger partial charge in [-0.05, 0) is 50.1 Å². The second-order valence-electron chi connectivity index (χ2n) is 8.22. The molecule has 4 rings (SSSR count). The lowest BCUT2D eigenvalue weighted by molar-refractivity contribution is -0.139. The fourth-order valence-electron chi connectivity index (χ4n) is 4.02. The Morgan fingerprint density at radius 3 is 2.47 bits per heavy atom. The summed E-state index contributed by atoms with van der Waals surface area (Å²) in [4.78, 5) is 43.2. The van der Waals surface area contributed by atoms with E-state index in [1.807, 2.05) is 31.2 Å². The fourth-order valence-corrected chi connectivity index (χ4v) is 5.07. The van der Waals surface area contributed by atoms with Crippen molar-refractivity contribution in [3.05, 3.63) is 90.1 Å². The van der Waals surface area contributed by atoms with Crippen LogP contribution in [0.1, 0.15) is 43.5 Å². The van der Waals surface area contributed by atoms with Gasteiger partial charge in [0.25, 0.3) is 5.56 Å². The van der Waals surface area contributed by atoms with Crippen LogP contribution in [0, 0.1) is 6.92 Å². The summed E-state index contributed by atoms with van der Waals surface area (Å²) in [5, 5.41) is 0. The van der Waals surface area contributed by atoms with E-state index in [0.717, 1.165) is 11.1 Å². The molecular weight excluding hydrogens is 480 g/mol. The molecule has 0 amide bonds. The van der Waals surface area contributed by atoms with Crippen molar-refractivity contribution < 1.29 is 23.8 Å². The second kappa shape index (κ2) is 10.3. The van der Waals surface area contributed by atoms with Gasteiger partial charge in [-0.25, -0.2) is 9.79 Å². The van der Waals surface area contributed by atoms with Crippen LogP contribution in [-0.4, -0.2) is 30.2 Å². The Kier molecular flexibility index (Phi) is 7.21. The van der Waals surface area contributed by atoms with Crippen molar-refractivity contribution >= 4 is 29.4 Å². The predicted octanol–water partition coefficient (Wildman–Crippen LogP) is 3.04. The molecule has 1 aromatic heterocycles. The van der Waals surface area contributed by atoms with Gasteiger partial charge in [-0.1, -0.05) is 47.2 Å². The minimum Gasteiger partial charge on any atom is -0.493 e. The maximum absolute atomic E-state index is 13.7. The van der Waals surface area contributed by atoms with Crippen LogP contribution >= 0.6 is 11.3 Å². The van der Waals surface area contributed by atoms with E-state index in [1.165, 1.54) is 29.9 Å². The van der Waals surface area contributed by atoms with Crippen LogP contribution in [0.3, 0.4) is 0 Å². The summed E-state index contributed by atoms with van der Waals surface area (Å²) < 4.78 is 17.8. The van der Waals surface area contributed by atoms with Crippen LogP contribution in [-0.2, 0) is 14.3 Å². The Hall–Kier alpha value is -3.98. The van der Waals surface area contributed by atoms with Gasteiger partial charge in [0.2, 0.25) is 0 Å². The first-order chi connectivity index (χ1) is 17.2. The standard InChI is InChI=1S/C27H26N2O6S/c1-6-34-26(32)23-16(3)28-27-29(24(23)19-10-7-15(2)8-11-19)25(31)22(36-27)14-18-9-12-20(33-5)21(13-18)35-17(4)30/h7-14,24H,6H2,1-5H3. The number of benzene rings is 2. The maximum atomic E-state index is 13.7. The summed E-state index contributed by atoms with van der Waals surface area (Å²) >= 11 is 1.22. The molecule has 2 aromatic carbocycles. The summed E-state index contributed by atoms with van der Waals surface area (Å²) in [5.41, 5.74) is 3.04. The summed E-state index contributed by atoms with van der Waals surface area (Å²) in [6, 6.07) is 12.1. The summed E-state index contributed by atoms with van der Waals surface area (Å²) in [6.45, 7) is 6.98. The Bertz CT molecular complexity index is 1550. The lowest BCUT2D eigenvalue weighted by atomic mass is 9.95. The van der Waals surface area contributed by atoms with Gasteiger partial charge in [-0.15, -0.1) is 0 Å². The van der Waals surface area contributed by atoms with E-state index in [0.29, 0.717) is 31.9 Å². The van der Waals surface area contributed by atoms with Crippen LogP contribution < -0.4 is 24.4 Å². The number of hydrogen-bond acceptors (Lipinski definition) is 8. The SMILES string of the molecule is CCOC(=O)C1=C(C)N=c2sc(=Cc3ccc(OC)c(OC(C)=O)c3)c(=O)n2C1c1ccc(C)cc1. The quantitative estimate of drug-likeness (QED) is 0.377. The Morgan fingerprint density at radius 2 is 1.83 bits per heavy atom. The van der Waals surface area contributed by atoms with E-state index < -0.39 is 18.0 Å². The fraction of sp³-hybridized carbons (Fsp3) is 0.259. The van der Waals surface area contributed by atoms with Crippen LogP contribution in [0.5, 0.6) is 11.5 Å². The number of esters is 2. The molecule has 1 atom stereocenters. The molecule has 1 aliphatic rings. The average molecular weight is 507 g/mol. The number of nitrogens with zero attached hydrogens (tertiary/aromatic N) is 2. The molecule has 1 aliphatic heterocycles. The van der Waals surface area contributed by atoms with E-state index in [-0.39, 0.29) is 17.9 Å². The van der Waals surface area contributed by atoms with E-state index in [9.17, 15) is 14.4 Å². The molecule has 0 fully saturated rings. The van der Waals surface area contributed by atoms with Crippen LogP contribution in [0.15, 0.2) is 63.5 Å². The number of ether oxygens (including phenoxy) is 3. The maximum Gasteiger partial charge on any atom is 0.338 e. The second-order valence-corrected chi connectivity index (χ2v) is 9.23. The highest BCUT2D eigenvalue weighted by molar-refractivity contribution is 7.07. The highest BCUT2D eigenvalue weighted by atomic mass is 32.1. The Morgan fingerprint density at radius 1 is 1.11 bits per heavy atom. The monoisotopic (exact) mass is 506 g/mol. The molecule has 8 nitrogen and oxygen atoms in total. The van der Waals surface area contributed by atoms with E-state index in [1.54, 1.807) is 38.1 Å². The first kappa shape index (κ1) is 25.1.